The quantitative estimate of drug-likeness (QED) is 0.886. The first kappa shape index (κ1) is 11.2. The summed E-state index contributed by atoms with van der Waals surface area (Å²) in [5, 5.41) is 19.9. The van der Waals surface area contributed by atoms with E-state index < -0.39 is 6.10 Å². The summed E-state index contributed by atoms with van der Waals surface area (Å²) in [5.74, 6) is 0.0823. The molecular formula is C13H11BrO2. The number of hydrogen-bond donors (Lipinski definition) is 2. The van der Waals surface area contributed by atoms with Crippen LogP contribution in [0.4, 0.5) is 0 Å². The summed E-state index contributed by atoms with van der Waals surface area (Å²) < 4.78 is 0.583. The van der Waals surface area contributed by atoms with Crippen LogP contribution < -0.4 is 0 Å². The highest BCUT2D eigenvalue weighted by Crippen LogP contribution is 2.34. The number of aliphatic hydroxyl groups excluding tert-OH is 1. The minimum absolute atomic E-state index is 0.0823. The Morgan fingerprint density at radius 1 is 0.938 bits per heavy atom. The molecular weight excluding hydrogens is 268 g/mol. The lowest BCUT2D eigenvalue weighted by Crippen LogP contribution is -1.99. The fourth-order valence-corrected chi connectivity index (χ4v) is 1.95. The van der Waals surface area contributed by atoms with Gasteiger partial charge in [0.25, 0.3) is 0 Å². The van der Waals surface area contributed by atoms with Crippen LogP contribution in [0.1, 0.15) is 17.2 Å². The average molecular weight is 279 g/mol. The van der Waals surface area contributed by atoms with Crippen molar-refractivity contribution >= 4 is 15.9 Å². The van der Waals surface area contributed by atoms with Crippen molar-refractivity contribution < 1.29 is 10.2 Å². The van der Waals surface area contributed by atoms with E-state index in [4.69, 9.17) is 0 Å². The smallest absolute Gasteiger partial charge is 0.135 e. The number of hydrogen-bond acceptors (Lipinski definition) is 2. The van der Waals surface area contributed by atoms with Gasteiger partial charge in [0.15, 0.2) is 0 Å². The maximum absolute atomic E-state index is 10.1. The van der Waals surface area contributed by atoms with Crippen LogP contribution in [0, 0.1) is 0 Å². The van der Waals surface area contributed by atoms with E-state index in [0.717, 1.165) is 5.56 Å². The molecule has 2 nitrogen and oxygen atoms in total. The van der Waals surface area contributed by atoms with Gasteiger partial charge in [-0.25, -0.2) is 0 Å². The summed E-state index contributed by atoms with van der Waals surface area (Å²) >= 11 is 3.23. The zero-order valence-corrected chi connectivity index (χ0v) is 10.1. The molecule has 0 radical (unpaired) electrons. The second kappa shape index (κ2) is 4.68. The Morgan fingerprint density at radius 2 is 1.62 bits per heavy atom. The van der Waals surface area contributed by atoms with Crippen LogP contribution in [0.2, 0.25) is 0 Å². The molecule has 0 bridgehead atoms. The fraction of sp³-hybridized carbons (Fsp3) is 0.0769. The monoisotopic (exact) mass is 278 g/mol. The van der Waals surface area contributed by atoms with E-state index in [9.17, 15) is 10.2 Å². The van der Waals surface area contributed by atoms with Crippen molar-refractivity contribution in [2.75, 3.05) is 0 Å². The third kappa shape index (κ3) is 2.10. The predicted molar refractivity (Wildman–Crippen MR) is 66.3 cm³/mol. The zero-order valence-electron chi connectivity index (χ0n) is 8.47. The van der Waals surface area contributed by atoms with Crippen LogP contribution >= 0.6 is 15.9 Å². The Labute approximate surface area is 102 Å². The van der Waals surface area contributed by atoms with Crippen LogP contribution in [-0.2, 0) is 0 Å². The minimum Gasteiger partial charge on any atom is -0.506 e. The normalized spacial score (nSPS) is 12.4. The molecule has 0 spiro atoms. The number of para-hydroxylation sites is 1. The topological polar surface area (TPSA) is 40.5 Å². The van der Waals surface area contributed by atoms with Gasteiger partial charge in [-0.15, -0.1) is 0 Å². The van der Waals surface area contributed by atoms with Gasteiger partial charge in [0.05, 0.1) is 4.47 Å². The van der Waals surface area contributed by atoms with Gasteiger partial charge in [0.1, 0.15) is 11.9 Å². The highest BCUT2D eigenvalue weighted by Gasteiger charge is 2.15. The van der Waals surface area contributed by atoms with Crippen molar-refractivity contribution in [1.82, 2.24) is 0 Å². The molecule has 1 atom stereocenters. The number of phenols is 1. The summed E-state index contributed by atoms with van der Waals surface area (Å²) in [6.45, 7) is 0. The highest BCUT2D eigenvalue weighted by atomic mass is 79.9. The Bertz CT molecular complexity index is 483. The molecule has 3 heteroatoms. The SMILES string of the molecule is Oc1c(Br)cccc1C(O)c1ccccc1. The maximum Gasteiger partial charge on any atom is 0.135 e. The van der Waals surface area contributed by atoms with E-state index in [0.29, 0.717) is 10.0 Å². The summed E-state index contributed by atoms with van der Waals surface area (Å²) in [7, 11) is 0. The van der Waals surface area contributed by atoms with Gasteiger partial charge in [-0.2, -0.15) is 0 Å². The molecule has 0 heterocycles. The first-order valence-corrected chi connectivity index (χ1v) is 5.70. The summed E-state index contributed by atoms with van der Waals surface area (Å²) in [6, 6.07) is 14.5. The van der Waals surface area contributed by atoms with Gasteiger partial charge in [-0.05, 0) is 27.6 Å². The molecule has 0 amide bonds. The van der Waals surface area contributed by atoms with Gasteiger partial charge in [0, 0.05) is 5.56 Å². The van der Waals surface area contributed by atoms with Crippen molar-refractivity contribution in [3.05, 3.63) is 64.1 Å². The molecule has 0 aliphatic rings. The lowest BCUT2D eigenvalue weighted by atomic mass is 10.0. The highest BCUT2D eigenvalue weighted by molar-refractivity contribution is 9.10. The van der Waals surface area contributed by atoms with E-state index in [2.05, 4.69) is 15.9 Å². The lowest BCUT2D eigenvalue weighted by Gasteiger charge is -2.13. The molecule has 0 saturated carbocycles. The largest absolute Gasteiger partial charge is 0.506 e. The Hall–Kier alpha value is -1.32. The number of aliphatic hydroxyl groups is 1. The van der Waals surface area contributed by atoms with E-state index in [-0.39, 0.29) is 5.75 Å². The molecule has 2 aromatic rings. The summed E-state index contributed by atoms with van der Waals surface area (Å²) in [5.41, 5.74) is 1.26. The molecule has 0 saturated heterocycles. The number of phenolic OH excluding ortho intramolecular Hbond substituents is 1. The van der Waals surface area contributed by atoms with Crippen LogP contribution in [-0.4, -0.2) is 10.2 Å². The Kier molecular flexibility index (Phi) is 3.27. The summed E-state index contributed by atoms with van der Waals surface area (Å²) in [6.07, 6.45) is -0.807. The Morgan fingerprint density at radius 3 is 2.31 bits per heavy atom. The number of benzene rings is 2. The molecule has 2 N–H and O–H groups in total. The van der Waals surface area contributed by atoms with Crippen molar-refractivity contribution in [2.45, 2.75) is 6.10 Å². The van der Waals surface area contributed by atoms with Gasteiger partial charge in [-0.3, -0.25) is 0 Å². The lowest BCUT2D eigenvalue weighted by molar-refractivity contribution is 0.215. The van der Waals surface area contributed by atoms with Crippen LogP contribution in [0.3, 0.4) is 0 Å². The number of halogens is 1. The number of aromatic hydroxyl groups is 1. The zero-order chi connectivity index (χ0) is 11.5. The number of rotatable bonds is 2. The van der Waals surface area contributed by atoms with Crippen molar-refractivity contribution in [3.63, 3.8) is 0 Å². The van der Waals surface area contributed by atoms with Crippen LogP contribution in [0.25, 0.3) is 0 Å². The van der Waals surface area contributed by atoms with Gasteiger partial charge < -0.3 is 10.2 Å². The van der Waals surface area contributed by atoms with E-state index >= 15 is 0 Å². The summed E-state index contributed by atoms with van der Waals surface area (Å²) in [4.78, 5) is 0. The molecule has 16 heavy (non-hydrogen) atoms. The molecule has 82 valence electrons. The van der Waals surface area contributed by atoms with E-state index in [1.54, 1.807) is 18.2 Å². The second-order valence-corrected chi connectivity index (χ2v) is 4.35. The third-order valence-electron chi connectivity index (χ3n) is 2.43. The van der Waals surface area contributed by atoms with Gasteiger partial charge >= 0.3 is 0 Å². The maximum atomic E-state index is 10.1. The van der Waals surface area contributed by atoms with Crippen molar-refractivity contribution in [1.29, 1.82) is 0 Å². The minimum atomic E-state index is -0.807. The Balaban J connectivity index is 2.42. The molecule has 0 fully saturated rings. The third-order valence-corrected chi connectivity index (χ3v) is 3.07. The van der Waals surface area contributed by atoms with Gasteiger partial charge in [-0.1, -0.05) is 42.5 Å². The second-order valence-electron chi connectivity index (χ2n) is 3.49. The molecule has 0 aromatic heterocycles. The average Bonchev–Trinajstić information content (AvgIpc) is 2.33. The molecule has 1 unspecified atom stereocenters. The van der Waals surface area contributed by atoms with E-state index in [1.165, 1.54) is 0 Å². The van der Waals surface area contributed by atoms with Gasteiger partial charge in [0.2, 0.25) is 0 Å². The molecule has 0 aliphatic carbocycles. The molecule has 0 aliphatic heterocycles. The first-order valence-electron chi connectivity index (χ1n) is 4.90. The molecule has 2 rings (SSSR count). The predicted octanol–water partition coefficient (Wildman–Crippen LogP) is 3.24. The van der Waals surface area contributed by atoms with E-state index in [1.807, 2.05) is 30.3 Å². The molecule has 2 aromatic carbocycles. The van der Waals surface area contributed by atoms with Crippen molar-refractivity contribution in [2.24, 2.45) is 0 Å². The fourth-order valence-electron chi connectivity index (χ4n) is 1.57. The first-order chi connectivity index (χ1) is 7.70. The van der Waals surface area contributed by atoms with Crippen LogP contribution in [0.5, 0.6) is 5.75 Å². The van der Waals surface area contributed by atoms with Crippen molar-refractivity contribution in [3.8, 4) is 5.75 Å². The standard InChI is InChI=1S/C13H11BrO2/c14-11-8-4-7-10(13(11)16)12(15)9-5-2-1-3-6-9/h1-8,12,15-16H. The van der Waals surface area contributed by atoms with Crippen LogP contribution in [0.15, 0.2) is 53.0 Å².